The van der Waals surface area contributed by atoms with Gasteiger partial charge in [-0.1, -0.05) is 20.8 Å². The van der Waals surface area contributed by atoms with Gasteiger partial charge in [0.25, 0.3) is 0 Å². The third kappa shape index (κ3) is 2.79. The minimum Gasteiger partial charge on any atom is -0.379 e. The Hall–Kier alpha value is -0.870. The first-order valence-corrected chi connectivity index (χ1v) is 5.14. The minimum absolute atomic E-state index is 0.00564. The van der Waals surface area contributed by atoms with Crippen molar-refractivity contribution in [2.75, 3.05) is 7.11 Å². The lowest BCUT2D eigenvalue weighted by molar-refractivity contribution is -0.00344. The maximum absolute atomic E-state index is 6.15. The molecule has 2 N–H and O–H groups in total. The van der Waals surface area contributed by atoms with Gasteiger partial charge in [0.05, 0.1) is 17.8 Å². The van der Waals surface area contributed by atoms with Crippen molar-refractivity contribution in [2.24, 2.45) is 18.2 Å². The maximum atomic E-state index is 6.15. The summed E-state index contributed by atoms with van der Waals surface area (Å²) in [5, 5.41) is 4.30. The van der Waals surface area contributed by atoms with Gasteiger partial charge in [0.1, 0.15) is 0 Å². The predicted octanol–water partition coefficient (Wildman–Crippen LogP) is 1.48. The van der Waals surface area contributed by atoms with Crippen LogP contribution in [0.4, 0.5) is 0 Å². The Kier molecular flexibility index (Phi) is 3.52. The summed E-state index contributed by atoms with van der Waals surface area (Å²) < 4.78 is 7.22. The lowest BCUT2D eigenvalue weighted by atomic mass is 9.84. The van der Waals surface area contributed by atoms with E-state index in [4.69, 9.17) is 10.5 Å². The molecule has 0 aliphatic rings. The van der Waals surface area contributed by atoms with Crippen molar-refractivity contribution in [3.63, 3.8) is 0 Å². The molecule has 0 radical (unpaired) electrons. The van der Waals surface area contributed by atoms with Gasteiger partial charge < -0.3 is 10.5 Å². The van der Waals surface area contributed by atoms with Gasteiger partial charge in [-0.05, 0) is 11.5 Å². The van der Waals surface area contributed by atoms with E-state index in [2.05, 4.69) is 25.9 Å². The van der Waals surface area contributed by atoms with E-state index in [-0.39, 0.29) is 17.6 Å². The van der Waals surface area contributed by atoms with Crippen molar-refractivity contribution >= 4 is 0 Å². The molecular weight excluding hydrogens is 190 g/mol. The molecule has 4 nitrogen and oxygen atoms in total. The number of aryl methyl sites for hydroxylation is 1. The van der Waals surface area contributed by atoms with Crippen LogP contribution in [0.25, 0.3) is 0 Å². The first-order chi connectivity index (χ1) is 6.86. The number of nitrogens with zero attached hydrogens (tertiary/aromatic N) is 2. The number of ether oxygens (including phenoxy) is 1. The fourth-order valence-corrected chi connectivity index (χ4v) is 1.80. The van der Waals surface area contributed by atoms with Crippen molar-refractivity contribution in [1.82, 2.24) is 9.78 Å². The molecule has 0 saturated carbocycles. The molecule has 1 aromatic heterocycles. The third-order valence-electron chi connectivity index (χ3n) is 2.51. The molecule has 0 bridgehead atoms. The summed E-state index contributed by atoms with van der Waals surface area (Å²) in [5.41, 5.74) is 7.03. The zero-order chi connectivity index (χ0) is 11.6. The van der Waals surface area contributed by atoms with Crippen LogP contribution in [0.3, 0.4) is 0 Å². The summed E-state index contributed by atoms with van der Waals surface area (Å²) >= 11 is 0. The van der Waals surface area contributed by atoms with E-state index in [1.165, 1.54) is 0 Å². The number of aromatic nitrogens is 2. The van der Waals surface area contributed by atoms with Crippen LogP contribution in [0.1, 0.15) is 32.5 Å². The second-order valence-electron chi connectivity index (χ2n) is 4.96. The lowest BCUT2D eigenvalue weighted by Gasteiger charge is -2.33. The molecule has 4 heteroatoms. The summed E-state index contributed by atoms with van der Waals surface area (Å²) in [6.07, 6.45) is 1.86. The molecule has 0 fully saturated rings. The Morgan fingerprint density at radius 3 is 2.40 bits per heavy atom. The fraction of sp³-hybridized carbons (Fsp3) is 0.727. The van der Waals surface area contributed by atoms with Gasteiger partial charge in [0.15, 0.2) is 0 Å². The maximum Gasteiger partial charge on any atom is 0.0828 e. The fourth-order valence-electron chi connectivity index (χ4n) is 1.80. The minimum atomic E-state index is -0.184. The van der Waals surface area contributed by atoms with Crippen molar-refractivity contribution in [3.8, 4) is 0 Å². The smallest absolute Gasteiger partial charge is 0.0828 e. The number of methoxy groups -OCH3 is 1. The Labute approximate surface area is 91.4 Å². The van der Waals surface area contributed by atoms with Crippen molar-refractivity contribution in [2.45, 2.75) is 32.9 Å². The SMILES string of the molecule is COC(C(N)c1ccn(C)n1)C(C)(C)C. The van der Waals surface area contributed by atoms with E-state index in [0.717, 1.165) is 5.69 Å². The van der Waals surface area contributed by atoms with Gasteiger partial charge in [0, 0.05) is 20.4 Å². The zero-order valence-corrected chi connectivity index (χ0v) is 10.2. The summed E-state index contributed by atoms with van der Waals surface area (Å²) in [7, 11) is 3.58. The van der Waals surface area contributed by atoms with Gasteiger partial charge in [-0.25, -0.2) is 0 Å². The summed E-state index contributed by atoms with van der Waals surface area (Å²) in [6, 6.07) is 1.75. The van der Waals surface area contributed by atoms with Crippen molar-refractivity contribution < 1.29 is 4.74 Å². The highest BCUT2D eigenvalue weighted by Crippen LogP contribution is 2.30. The van der Waals surface area contributed by atoms with Gasteiger partial charge >= 0.3 is 0 Å². The molecule has 0 aromatic carbocycles. The van der Waals surface area contributed by atoms with Crippen LogP contribution < -0.4 is 5.73 Å². The van der Waals surface area contributed by atoms with E-state index in [0.29, 0.717) is 0 Å². The summed E-state index contributed by atoms with van der Waals surface area (Å²) in [6.45, 7) is 6.35. The molecule has 2 atom stereocenters. The average Bonchev–Trinajstić information content (AvgIpc) is 2.50. The molecule has 0 aliphatic carbocycles. The quantitative estimate of drug-likeness (QED) is 0.824. The monoisotopic (exact) mass is 211 g/mol. The first-order valence-electron chi connectivity index (χ1n) is 5.14. The van der Waals surface area contributed by atoms with E-state index >= 15 is 0 Å². The van der Waals surface area contributed by atoms with Gasteiger partial charge in [0.2, 0.25) is 0 Å². The Balaban J connectivity index is 2.87. The molecule has 0 aliphatic heterocycles. The van der Waals surface area contributed by atoms with E-state index in [1.807, 2.05) is 19.3 Å². The highest BCUT2D eigenvalue weighted by Gasteiger charge is 2.32. The number of hydrogen-bond acceptors (Lipinski definition) is 3. The van der Waals surface area contributed by atoms with E-state index in [9.17, 15) is 0 Å². The Morgan fingerprint density at radius 2 is 2.07 bits per heavy atom. The van der Waals surface area contributed by atoms with E-state index in [1.54, 1.807) is 11.8 Å². The van der Waals surface area contributed by atoms with Crippen LogP contribution in [0, 0.1) is 5.41 Å². The molecule has 2 unspecified atom stereocenters. The third-order valence-corrected chi connectivity index (χ3v) is 2.51. The van der Waals surface area contributed by atoms with Gasteiger partial charge in [-0.2, -0.15) is 5.10 Å². The zero-order valence-electron chi connectivity index (χ0n) is 10.2. The second kappa shape index (κ2) is 4.33. The Morgan fingerprint density at radius 1 is 1.47 bits per heavy atom. The molecule has 0 saturated heterocycles. The van der Waals surface area contributed by atoms with Crippen LogP contribution >= 0.6 is 0 Å². The largest absolute Gasteiger partial charge is 0.379 e. The number of nitrogens with two attached hydrogens (primary N) is 1. The van der Waals surface area contributed by atoms with Crippen LogP contribution in [0.15, 0.2) is 12.3 Å². The standard InChI is InChI=1S/C11H21N3O/c1-11(2,3)10(15-5)9(12)8-6-7-14(4)13-8/h6-7,9-10H,12H2,1-5H3. The van der Waals surface area contributed by atoms with Crippen LogP contribution in [-0.4, -0.2) is 23.0 Å². The summed E-state index contributed by atoms with van der Waals surface area (Å²) in [4.78, 5) is 0. The molecular formula is C11H21N3O. The van der Waals surface area contributed by atoms with Gasteiger partial charge in [-0.3, -0.25) is 4.68 Å². The lowest BCUT2D eigenvalue weighted by Crippen LogP contribution is -2.38. The van der Waals surface area contributed by atoms with Crippen molar-refractivity contribution in [3.05, 3.63) is 18.0 Å². The molecule has 1 heterocycles. The molecule has 1 aromatic rings. The highest BCUT2D eigenvalue weighted by atomic mass is 16.5. The van der Waals surface area contributed by atoms with Gasteiger partial charge in [-0.15, -0.1) is 0 Å². The molecule has 15 heavy (non-hydrogen) atoms. The highest BCUT2D eigenvalue weighted by molar-refractivity contribution is 5.08. The first kappa shape index (κ1) is 12.2. The van der Waals surface area contributed by atoms with Crippen molar-refractivity contribution in [1.29, 1.82) is 0 Å². The summed E-state index contributed by atoms with van der Waals surface area (Å²) in [5.74, 6) is 0. The number of hydrogen-bond donors (Lipinski definition) is 1. The van der Waals surface area contributed by atoms with Crippen LogP contribution in [0.5, 0.6) is 0 Å². The molecule has 1 rings (SSSR count). The molecule has 0 amide bonds. The normalized spacial score (nSPS) is 16.4. The average molecular weight is 211 g/mol. The van der Waals surface area contributed by atoms with E-state index < -0.39 is 0 Å². The Bertz CT molecular complexity index is 314. The topological polar surface area (TPSA) is 53.1 Å². The van der Waals surface area contributed by atoms with Crippen LogP contribution in [-0.2, 0) is 11.8 Å². The van der Waals surface area contributed by atoms with Crippen LogP contribution in [0.2, 0.25) is 0 Å². The number of rotatable bonds is 3. The predicted molar refractivity (Wildman–Crippen MR) is 60.4 cm³/mol. The molecule has 0 spiro atoms. The second-order valence-corrected chi connectivity index (χ2v) is 4.96. The molecule has 86 valence electrons.